The Balaban J connectivity index is 1.34. The van der Waals surface area contributed by atoms with E-state index in [4.69, 9.17) is 4.98 Å². The van der Waals surface area contributed by atoms with Crippen LogP contribution in [-0.4, -0.2) is 96.2 Å². The number of carboxylic acid groups (broad SMARTS) is 1. The zero-order valence-electron chi connectivity index (χ0n) is 22.8. The topological polar surface area (TPSA) is 121 Å². The van der Waals surface area contributed by atoms with Crippen molar-refractivity contribution >= 4 is 40.9 Å². The van der Waals surface area contributed by atoms with Crippen LogP contribution in [0, 0.1) is 0 Å². The summed E-state index contributed by atoms with van der Waals surface area (Å²) in [5, 5.41) is 15.8. The molecular weight excluding hydrogens is 498 g/mol. The van der Waals surface area contributed by atoms with Gasteiger partial charge in [0.05, 0.1) is 5.69 Å². The molecule has 208 valence electrons. The first-order valence-electron chi connectivity index (χ1n) is 13.6. The summed E-state index contributed by atoms with van der Waals surface area (Å²) < 4.78 is 0. The van der Waals surface area contributed by atoms with Crippen LogP contribution in [0.5, 0.6) is 0 Å². The Labute approximate surface area is 228 Å². The number of carbonyl (C=O) groups excluding carboxylic acids is 2. The maximum absolute atomic E-state index is 13.0. The number of likely N-dealkylation sites (N-methyl/N-ethyl adjacent to an activating group) is 1. The Bertz CT molecular complexity index is 1240. The lowest BCUT2D eigenvalue weighted by molar-refractivity contribution is -0.119. The van der Waals surface area contributed by atoms with Crippen molar-refractivity contribution in [3.63, 3.8) is 0 Å². The minimum absolute atomic E-state index is 0.00125. The molecule has 0 aliphatic carbocycles. The van der Waals surface area contributed by atoms with Crippen LogP contribution in [0.2, 0.25) is 0 Å². The number of fused-ring (bicyclic) bond motifs is 1. The molecule has 11 nitrogen and oxygen atoms in total. The van der Waals surface area contributed by atoms with E-state index in [-0.39, 0.29) is 23.9 Å². The van der Waals surface area contributed by atoms with Gasteiger partial charge in [-0.2, -0.15) is 0 Å². The molecule has 1 aromatic heterocycles. The number of carbonyl (C=O) groups is 3. The molecule has 3 N–H and O–H groups in total. The first kappa shape index (κ1) is 26.7. The van der Waals surface area contributed by atoms with Crippen molar-refractivity contribution in [2.24, 2.45) is 0 Å². The van der Waals surface area contributed by atoms with Gasteiger partial charge in [-0.05, 0) is 83.1 Å². The lowest BCUT2D eigenvalue weighted by Crippen LogP contribution is -2.57. The third-order valence-electron chi connectivity index (χ3n) is 8.15. The molecule has 1 atom stereocenters. The van der Waals surface area contributed by atoms with E-state index in [2.05, 4.69) is 22.6 Å². The fourth-order valence-corrected chi connectivity index (χ4v) is 5.80. The van der Waals surface area contributed by atoms with Crippen LogP contribution in [0.4, 0.5) is 27.8 Å². The van der Waals surface area contributed by atoms with E-state index in [1.165, 1.54) is 4.90 Å². The molecule has 0 radical (unpaired) electrons. The predicted octanol–water partition coefficient (Wildman–Crippen LogP) is 2.96. The zero-order valence-corrected chi connectivity index (χ0v) is 22.8. The smallest absolute Gasteiger partial charge is 0.407 e. The molecule has 3 amide bonds. The molecule has 39 heavy (non-hydrogen) atoms. The van der Waals surface area contributed by atoms with E-state index >= 15 is 0 Å². The third-order valence-corrected chi connectivity index (χ3v) is 8.15. The largest absolute Gasteiger partial charge is 0.465 e. The van der Waals surface area contributed by atoms with Gasteiger partial charge in [0.2, 0.25) is 5.91 Å². The van der Waals surface area contributed by atoms with Gasteiger partial charge in [0.15, 0.2) is 5.82 Å². The fraction of sp³-hybridized carbons (Fsp3) is 0.500. The molecule has 0 spiro atoms. The second-order valence-corrected chi connectivity index (χ2v) is 10.8. The summed E-state index contributed by atoms with van der Waals surface area (Å²) in [7, 11) is 3.85. The minimum atomic E-state index is -0.914. The number of rotatable bonds is 5. The summed E-state index contributed by atoms with van der Waals surface area (Å²) >= 11 is 0. The Hall–Kier alpha value is -3.86. The van der Waals surface area contributed by atoms with Crippen molar-refractivity contribution in [3.8, 4) is 0 Å². The molecule has 11 heteroatoms. The lowest BCUT2D eigenvalue weighted by atomic mass is 9.99. The third kappa shape index (κ3) is 5.63. The highest BCUT2D eigenvalue weighted by Crippen LogP contribution is 2.38. The molecule has 2 aromatic rings. The first-order valence-corrected chi connectivity index (χ1v) is 13.6. The molecular formula is C28H37N7O4. The highest BCUT2D eigenvalue weighted by Gasteiger charge is 2.40. The van der Waals surface area contributed by atoms with E-state index in [1.54, 1.807) is 11.9 Å². The molecule has 3 aliphatic heterocycles. The molecule has 2 saturated heterocycles. The van der Waals surface area contributed by atoms with Crippen molar-refractivity contribution in [3.05, 3.63) is 42.0 Å². The van der Waals surface area contributed by atoms with E-state index in [0.29, 0.717) is 43.1 Å². The number of pyridine rings is 1. The second kappa shape index (κ2) is 11.1. The molecule has 4 heterocycles. The molecule has 0 saturated carbocycles. The number of likely N-dealkylation sites (tertiary alicyclic amines) is 2. The number of aromatic nitrogens is 1. The van der Waals surface area contributed by atoms with Gasteiger partial charge in [0.25, 0.3) is 5.91 Å². The van der Waals surface area contributed by atoms with E-state index < -0.39 is 12.1 Å². The number of benzene rings is 1. The zero-order chi connectivity index (χ0) is 27.7. The molecule has 0 bridgehead atoms. The first-order chi connectivity index (χ1) is 18.7. The van der Waals surface area contributed by atoms with Gasteiger partial charge in [-0.3, -0.25) is 9.59 Å². The van der Waals surface area contributed by atoms with Gasteiger partial charge >= 0.3 is 6.09 Å². The van der Waals surface area contributed by atoms with Gasteiger partial charge in [-0.25, -0.2) is 9.78 Å². The molecule has 3 aliphatic rings. The quantitative estimate of drug-likeness (QED) is 0.534. The van der Waals surface area contributed by atoms with Crippen molar-refractivity contribution in [2.45, 2.75) is 50.7 Å². The Morgan fingerprint density at radius 3 is 2.41 bits per heavy atom. The lowest BCUT2D eigenvalue weighted by Gasteiger charge is -2.45. The summed E-state index contributed by atoms with van der Waals surface area (Å²) in [5.41, 5.74) is 2.05. The highest BCUT2D eigenvalue weighted by molar-refractivity contribution is 6.04. The average Bonchev–Trinajstić information content (AvgIpc) is 2.93. The standard InChI is InChI=1S/C28H37N7O4/c1-18-27(37)33(3)23-7-8-24(31-25(23)35(18)22-11-15-34(16-12-22)28(38)39)29-21-6-4-5-19(17-21)26(36)30-20-9-13-32(2)14-10-20/h4-8,17-18,20,22H,9-16H2,1-3H3,(H,29,31)(H,30,36)(H,38,39)/t18-/m1/s1. The number of anilines is 4. The van der Waals surface area contributed by atoms with Crippen molar-refractivity contribution in [1.29, 1.82) is 0 Å². The van der Waals surface area contributed by atoms with Gasteiger partial charge in [-0.1, -0.05) is 6.07 Å². The van der Waals surface area contributed by atoms with Crippen LogP contribution in [0.25, 0.3) is 0 Å². The predicted molar refractivity (Wildman–Crippen MR) is 150 cm³/mol. The summed E-state index contributed by atoms with van der Waals surface area (Å²) in [4.78, 5) is 49.7. The molecule has 5 rings (SSSR count). The summed E-state index contributed by atoms with van der Waals surface area (Å²) in [5.74, 6) is 1.19. The van der Waals surface area contributed by atoms with Crippen molar-refractivity contribution < 1.29 is 19.5 Å². The maximum Gasteiger partial charge on any atom is 0.407 e. The Morgan fingerprint density at radius 1 is 1.00 bits per heavy atom. The summed E-state index contributed by atoms with van der Waals surface area (Å²) in [6.45, 7) is 4.68. The van der Waals surface area contributed by atoms with Gasteiger partial charge < -0.3 is 35.3 Å². The van der Waals surface area contributed by atoms with Crippen LogP contribution in [0.3, 0.4) is 0 Å². The van der Waals surface area contributed by atoms with Gasteiger partial charge in [0.1, 0.15) is 11.9 Å². The number of nitrogens with one attached hydrogen (secondary N) is 2. The van der Waals surface area contributed by atoms with E-state index in [0.717, 1.165) is 37.3 Å². The second-order valence-electron chi connectivity index (χ2n) is 10.8. The molecule has 1 aromatic carbocycles. The van der Waals surface area contributed by atoms with Gasteiger partial charge in [-0.15, -0.1) is 0 Å². The minimum Gasteiger partial charge on any atom is -0.465 e. The SMILES string of the molecule is C[C@@H]1C(=O)N(C)c2ccc(Nc3cccc(C(=O)NC4CCN(C)CC4)c3)nc2N1C1CCN(C(=O)O)CC1. The maximum atomic E-state index is 13.0. The fourth-order valence-electron chi connectivity index (χ4n) is 5.80. The van der Waals surface area contributed by atoms with Crippen LogP contribution >= 0.6 is 0 Å². The Morgan fingerprint density at radius 2 is 1.72 bits per heavy atom. The number of hydrogen-bond donors (Lipinski definition) is 3. The monoisotopic (exact) mass is 535 g/mol. The summed E-state index contributed by atoms with van der Waals surface area (Å²) in [6, 6.07) is 10.8. The van der Waals surface area contributed by atoms with Gasteiger partial charge in [0, 0.05) is 43.5 Å². The summed E-state index contributed by atoms with van der Waals surface area (Å²) in [6.07, 6.45) is 2.23. The normalized spacial score (nSPS) is 21.1. The molecule has 0 unspecified atom stereocenters. The number of nitrogens with zero attached hydrogens (tertiary/aromatic N) is 5. The van der Waals surface area contributed by atoms with E-state index in [9.17, 15) is 19.5 Å². The highest BCUT2D eigenvalue weighted by atomic mass is 16.4. The average molecular weight is 536 g/mol. The molecule has 2 fully saturated rings. The van der Waals surface area contributed by atoms with Crippen molar-refractivity contribution in [1.82, 2.24) is 20.1 Å². The van der Waals surface area contributed by atoms with Crippen LogP contribution < -0.4 is 20.4 Å². The number of hydrogen-bond acceptors (Lipinski definition) is 7. The van der Waals surface area contributed by atoms with E-state index in [1.807, 2.05) is 48.2 Å². The number of amides is 3. The number of piperidine rings is 2. The van der Waals surface area contributed by atoms with Crippen LogP contribution in [-0.2, 0) is 4.79 Å². The van der Waals surface area contributed by atoms with Crippen LogP contribution in [0.15, 0.2) is 36.4 Å². The van der Waals surface area contributed by atoms with Crippen LogP contribution in [0.1, 0.15) is 43.0 Å². The Kier molecular flexibility index (Phi) is 7.60. The van der Waals surface area contributed by atoms with Crippen molar-refractivity contribution in [2.75, 3.05) is 55.4 Å².